The molecule has 6 nitrogen and oxygen atoms in total. The molecule has 2 N–H and O–H groups in total. The van der Waals surface area contributed by atoms with Gasteiger partial charge in [-0.3, -0.25) is 14.9 Å². The molecule has 118 valence electrons. The summed E-state index contributed by atoms with van der Waals surface area (Å²) in [6.07, 6.45) is 1.06. The molecule has 2 aliphatic heterocycles. The maximum atomic E-state index is 11.7. The summed E-state index contributed by atoms with van der Waals surface area (Å²) in [6.45, 7) is 2.39. The van der Waals surface area contributed by atoms with E-state index in [0.29, 0.717) is 24.6 Å². The topological polar surface area (TPSA) is 76.7 Å². The molecular weight excluding hydrogens is 284 g/mol. The average molecular weight is 304 g/mol. The average Bonchev–Trinajstić information content (AvgIpc) is 2.53. The Morgan fingerprint density at radius 2 is 2.05 bits per heavy atom. The van der Waals surface area contributed by atoms with Crippen LogP contribution >= 0.6 is 0 Å². The van der Waals surface area contributed by atoms with E-state index in [-0.39, 0.29) is 11.8 Å². The van der Waals surface area contributed by atoms with Gasteiger partial charge in [0.15, 0.2) is 6.10 Å². The zero-order valence-corrected chi connectivity index (χ0v) is 12.3. The van der Waals surface area contributed by atoms with Crippen LogP contribution in [-0.2, 0) is 20.7 Å². The maximum absolute atomic E-state index is 11.7. The Bertz CT molecular complexity index is 538. The molecule has 3 rings (SSSR count). The van der Waals surface area contributed by atoms with Gasteiger partial charge >= 0.3 is 0 Å². The summed E-state index contributed by atoms with van der Waals surface area (Å²) in [5, 5.41) is 5.71. The zero-order valence-electron chi connectivity index (χ0n) is 12.3. The molecule has 0 spiro atoms. The van der Waals surface area contributed by atoms with Crippen molar-refractivity contribution in [1.82, 2.24) is 10.6 Å². The Hall–Kier alpha value is -1.92. The second-order valence-corrected chi connectivity index (χ2v) is 5.63. The minimum Gasteiger partial charge on any atom is -0.481 e. The second-order valence-electron chi connectivity index (χ2n) is 5.63. The fourth-order valence-electron chi connectivity index (χ4n) is 2.69. The van der Waals surface area contributed by atoms with Crippen LogP contribution in [0.25, 0.3) is 0 Å². The summed E-state index contributed by atoms with van der Waals surface area (Å²) < 4.78 is 11.1. The van der Waals surface area contributed by atoms with Gasteiger partial charge in [0.1, 0.15) is 5.75 Å². The van der Waals surface area contributed by atoms with Crippen LogP contribution in [0.4, 0.5) is 0 Å². The SMILES string of the molecule is O=C1CCC(Oc2ccc(CC3COCCN3)cc2)C(=O)N1. The first-order chi connectivity index (χ1) is 10.7. The van der Waals surface area contributed by atoms with Crippen molar-refractivity contribution in [2.24, 2.45) is 0 Å². The number of imide groups is 1. The lowest BCUT2D eigenvalue weighted by Crippen LogP contribution is -2.46. The second kappa shape index (κ2) is 6.89. The molecule has 6 heteroatoms. The summed E-state index contributed by atoms with van der Waals surface area (Å²) in [5.74, 6) is 0.0531. The molecule has 2 fully saturated rings. The number of amides is 2. The number of piperidine rings is 1. The predicted molar refractivity (Wildman–Crippen MR) is 79.6 cm³/mol. The molecule has 2 unspecified atom stereocenters. The number of rotatable bonds is 4. The van der Waals surface area contributed by atoms with Gasteiger partial charge in [-0.05, 0) is 24.1 Å². The van der Waals surface area contributed by atoms with Crippen molar-refractivity contribution in [2.45, 2.75) is 31.4 Å². The summed E-state index contributed by atoms with van der Waals surface area (Å²) in [6, 6.07) is 8.07. The monoisotopic (exact) mass is 304 g/mol. The van der Waals surface area contributed by atoms with Crippen molar-refractivity contribution in [2.75, 3.05) is 19.8 Å². The van der Waals surface area contributed by atoms with E-state index in [1.54, 1.807) is 0 Å². The highest BCUT2D eigenvalue weighted by atomic mass is 16.5. The van der Waals surface area contributed by atoms with Crippen LogP contribution in [0.2, 0.25) is 0 Å². The Kier molecular flexibility index (Phi) is 4.70. The molecule has 2 atom stereocenters. The Labute approximate surface area is 129 Å². The van der Waals surface area contributed by atoms with Gasteiger partial charge in [0, 0.05) is 25.4 Å². The lowest BCUT2D eigenvalue weighted by molar-refractivity contribution is -0.138. The number of hydrogen-bond donors (Lipinski definition) is 2. The van der Waals surface area contributed by atoms with Gasteiger partial charge in [0.05, 0.1) is 13.2 Å². The molecule has 2 heterocycles. The van der Waals surface area contributed by atoms with Crippen LogP contribution in [-0.4, -0.2) is 43.7 Å². The predicted octanol–water partition coefficient (Wildman–Crippen LogP) is 0.401. The van der Waals surface area contributed by atoms with E-state index in [4.69, 9.17) is 9.47 Å². The Morgan fingerprint density at radius 3 is 2.73 bits per heavy atom. The van der Waals surface area contributed by atoms with Crippen molar-refractivity contribution in [1.29, 1.82) is 0 Å². The minimum absolute atomic E-state index is 0.234. The van der Waals surface area contributed by atoms with Crippen LogP contribution in [0, 0.1) is 0 Å². The smallest absolute Gasteiger partial charge is 0.267 e. The van der Waals surface area contributed by atoms with Crippen molar-refractivity contribution in [3.8, 4) is 5.75 Å². The summed E-state index contributed by atoms with van der Waals surface area (Å²) in [7, 11) is 0. The quantitative estimate of drug-likeness (QED) is 0.788. The van der Waals surface area contributed by atoms with Crippen molar-refractivity contribution >= 4 is 11.8 Å². The fraction of sp³-hybridized carbons (Fsp3) is 0.500. The molecule has 0 radical (unpaired) electrons. The van der Waals surface area contributed by atoms with E-state index >= 15 is 0 Å². The van der Waals surface area contributed by atoms with E-state index in [1.165, 1.54) is 5.56 Å². The number of carbonyl (C=O) groups is 2. The van der Waals surface area contributed by atoms with E-state index in [2.05, 4.69) is 10.6 Å². The van der Waals surface area contributed by atoms with Gasteiger partial charge in [-0.15, -0.1) is 0 Å². The van der Waals surface area contributed by atoms with Crippen molar-refractivity contribution < 1.29 is 19.1 Å². The largest absolute Gasteiger partial charge is 0.481 e. The van der Waals surface area contributed by atoms with E-state index < -0.39 is 6.10 Å². The summed E-state index contributed by atoms with van der Waals surface area (Å²) in [4.78, 5) is 22.8. The maximum Gasteiger partial charge on any atom is 0.267 e. The van der Waals surface area contributed by atoms with Gasteiger partial charge in [-0.2, -0.15) is 0 Å². The molecule has 1 aromatic carbocycles. The molecule has 0 saturated carbocycles. The first-order valence-electron chi connectivity index (χ1n) is 7.61. The van der Waals surface area contributed by atoms with Gasteiger partial charge in [-0.1, -0.05) is 12.1 Å². The van der Waals surface area contributed by atoms with Gasteiger partial charge < -0.3 is 14.8 Å². The molecule has 1 aromatic rings. The third-order valence-corrected chi connectivity index (χ3v) is 3.87. The van der Waals surface area contributed by atoms with E-state index in [9.17, 15) is 9.59 Å². The van der Waals surface area contributed by atoms with E-state index in [0.717, 1.165) is 26.2 Å². The minimum atomic E-state index is -0.586. The third kappa shape index (κ3) is 3.84. The zero-order chi connectivity index (χ0) is 15.4. The number of benzene rings is 1. The number of hydrogen-bond acceptors (Lipinski definition) is 5. The standard InChI is InChI=1S/C16H20N2O4/c19-15-6-5-14(16(20)18-15)22-13-3-1-11(2-4-13)9-12-10-21-8-7-17-12/h1-4,12,14,17H,5-10H2,(H,18,19,20). The summed E-state index contributed by atoms with van der Waals surface area (Å²) in [5.41, 5.74) is 1.19. The van der Waals surface area contributed by atoms with Crippen LogP contribution in [0.5, 0.6) is 5.75 Å². The highest BCUT2D eigenvalue weighted by molar-refractivity contribution is 5.99. The molecule has 0 aromatic heterocycles. The Balaban J connectivity index is 1.54. The van der Waals surface area contributed by atoms with Crippen LogP contribution in [0.3, 0.4) is 0 Å². The number of nitrogens with one attached hydrogen (secondary N) is 2. The molecule has 2 aliphatic rings. The fourth-order valence-corrected chi connectivity index (χ4v) is 2.69. The van der Waals surface area contributed by atoms with Gasteiger partial charge in [0.2, 0.25) is 5.91 Å². The van der Waals surface area contributed by atoms with Crippen LogP contribution in [0.15, 0.2) is 24.3 Å². The normalized spacial score (nSPS) is 25.6. The van der Waals surface area contributed by atoms with Gasteiger partial charge in [0.25, 0.3) is 5.91 Å². The van der Waals surface area contributed by atoms with Crippen molar-refractivity contribution in [3.05, 3.63) is 29.8 Å². The third-order valence-electron chi connectivity index (χ3n) is 3.87. The molecule has 2 saturated heterocycles. The number of carbonyl (C=O) groups excluding carboxylic acids is 2. The molecule has 0 bridgehead atoms. The highest BCUT2D eigenvalue weighted by Crippen LogP contribution is 2.18. The molecular formula is C16H20N2O4. The lowest BCUT2D eigenvalue weighted by atomic mass is 10.1. The number of ether oxygens (including phenoxy) is 2. The molecule has 22 heavy (non-hydrogen) atoms. The number of morpholine rings is 1. The Morgan fingerprint density at radius 1 is 1.23 bits per heavy atom. The molecule has 2 amide bonds. The van der Waals surface area contributed by atoms with Crippen molar-refractivity contribution in [3.63, 3.8) is 0 Å². The summed E-state index contributed by atoms with van der Waals surface area (Å²) >= 11 is 0. The first kappa shape index (κ1) is 15.0. The first-order valence-corrected chi connectivity index (χ1v) is 7.61. The van der Waals surface area contributed by atoms with Gasteiger partial charge in [-0.25, -0.2) is 0 Å². The highest BCUT2D eigenvalue weighted by Gasteiger charge is 2.28. The van der Waals surface area contributed by atoms with Crippen LogP contribution < -0.4 is 15.4 Å². The van der Waals surface area contributed by atoms with Crippen LogP contribution in [0.1, 0.15) is 18.4 Å². The lowest BCUT2D eigenvalue weighted by Gasteiger charge is -2.24. The molecule has 0 aliphatic carbocycles. The van der Waals surface area contributed by atoms with E-state index in [1.807, 2.05) is 24.3 Å².